The van der Waals surface area contributed by atoms with Gasteiger partial charge in [-0.2, -0.15) is 0 Å². The van der Waals surface area contributed by atoms with Crippen molar-refractivity contribution in [1.29, 1.82) is 0 Å². The summed E-state index contributed by atoms with van der Waals surface area (Å²) in [5, 5.41) is 0. The minimum atomic E-state index is 0.189. The molecule has 18 heavy (non-hydrogen) atoms. The van der Waals surface area contributed by atoms with E-state index in [4.69, 9.17) is 0 Å². The van der Waals surface area contributed by atoms with Crippen molar-refractivity contribution in [3.05, 3.63) is 28.8 Å². The summed E-state index contributed by atoms with van der Waals surface area (Å²) in [6.45, 7) is 12.2. The fourth-order valence-corrected chi connectivity index (χ4v) is 3.51. The van der Waals surface area contributed by atoms with Crippen molar-refractivity contribution in [1.82, 2.24) is 0 Å². The zero-order valence-electron chi connectivity index (χ0n) is 12.1. The summed E-state index contributed by atoms with van der Waals surface area (Å²) < 4.78 is 0. The van der Waals surface area contributed by atoms with Crippen LogP contribution in [0.4, 0.5) is 5.69 Å². The zero-order valence-corrected chi connectivity index (χ0v) is 12.1. The van der Waals surface area contributed by atoms with Crippen LogP contribution in [0.1, 0.15) is 61.5 Å². The molecule has 0 amide bonds. The van der Waals surface area contributed by atoms with Gasteiger partial charge in [0.25, 0.3) is 0 Å². The maximum Gasteiger partial charge on any atom is 0.150 e. The molecule has 0 aromatic heterocycles. The van der Waals surface area contributed by atoms with Gasteiger partial charge in [0.2, 0.25) is 0 Å². The monoisotopic (exact) mass is 245 g/mol. The van der Waals surface area contributed by atoms with Gasteiger partial charge in [0.1, 0.15) is 6.29 Å². The maximum absolute atomic E-state index is 11.0. The lowest BCUT2D eigenvalue weighted by atomic mass is 9.78. The van der Waals surface area contributed by atoms with Crippen molar-refractivity contribution in [3.63, 3.8) is 0 Å². The number of nitrogens with zero attached hydrogens (tertiary/aromatic N) is 1. The van der Waals surface area contributed by atoms with Crippen molar-refractivity contribution >= 4 is 12.0 Å². The molecular formula is C16H23NO. The number of rotatable bonds is 2. The van der Waals surface area contributed by atoms with E-state index in [2.05, 4.69) is 45.6 Å². The van der Waals surface area contributed by atoms with E-state index in [-0.39, 0.29) is 5.54 Å². The SMILES string of the molecule is CCN1c2c(C)cc(C=O)cc2[C@@H](C)CC1(C)C. The number of aryl methyl sites for hydroxylation is 1. The molecule has 2 heteroatoms. The third kappa shape index (κ3) is 1.94. The minimum absolute atomic E-state index is 0.189. The van der Waals surface area contributed by atoms with E-state index >= 15 is 0 Å². The molecule has 98 valence electrons. The van der Waals surface area contributed by atoms with E-state index in [1.54, 1.807) is 0 Å². The largest absolute Gasteiger partial charge is 0.366 e. The van der Waals surface area contributed by atoms with Crippen LogP contribution in [-0.4, -0.2) is 18.4 Å². The fourth-order valence-electron chi connectivity index (χ4n) is 3.51. The first-order valence-corrected chi connectivity index (χ1v) is 6.78. The molecule has 1 aliphatic heterocycles. The number of fused-ring (bicyclic) bond motifs is 1. The van der Waals surface area contributed by atoms with Gasteiger partial charge in [0.15, 0.2) is 0 Å². The summed E-state index contributed by atoms with van der Waals surface area (Å²) in [7, 11) is 0. The average molecular weight is 245 g/mol. The normalized spacial score (nSPS) is 21.6. The molecule has 1 aromatic rings. The summed E-state index contributed by atoms with van der Waals surface area (Å²) in [6.07, 6.45) is 2.09. The minimum Gasteiger partial charge on any atom is -0.366 e. The highest BCUT2D eigenvalue weighted by Gasteiger charge is 2.36. The van der Waals surface area contributed by atoms with Crippen LogP contribution in [-0.2, 0) is 0 Å². The highest BCUT2D eigenvalue weighted by molar-refractivity contribution is 5.79. The van der Waals surface area contributed by atoms with Crippen LogP contribution in [0.15, 0.2) is 12.1 Å². The van der Waals surface area contributed by atoms with Crippen molar-refractivity contribution in [2.24, 2.45) is 0 Å². The molecule has 1 atom stereocenters. The molecule has 2 nitrogen and oxygen atoms in total. The number of carbonyl (C=O) groups excluding carboxylic acids is 1. The number of benzene rings is 1. The van der Waals surface area contributed by atoms with Gasteiger partial charge in [-0.1, -0.05) is 6.92 Å². The third-order valence-corrected chi connectivity index (χ3v) is 4.14. The van der Waals surface area contributed by atoms with Crippen LogP contribution in [0, 0.1) is 6.92 Å². The average Bonchev–Trinajstić information content (AvgIpc) is 2.29. The molecule has 0 unspecified atom stereocenters. The highest BCUT2D eigenvalue weighted by atomic mass is 16.1. The molecule has 0 spiro atoms. The van der Waals surface area contributed by atoms with Gasteiger partial charge in [0.05, 0.1) is 0 Å². The smallest absolute Gasteiger partial charge is 0.150 e. The van der Waals surface area contributed by atoms with Crippen LogP contribution >= 0.6 is 0 Å². The maximum atomic E-state index is 11.0. The number of anilines is 1. The van der Waals surface area contributed by atoms with Gasteiger partial charge in [-0.3, -0.25) is 4.79 Å². The predicted molar refractivity (Wildman–Crippen MR) is 76.7 cm³/mol. The Morgan fingerprint density at radius 1 is 1.44 bits per heavy atom. The molecule has 1 aromatic carbocycles. The summed E-state index contributed by atoms with van der Waals surface area (Å²) >= 11 is 0. The van der Waals surface area contributed by atoms with Crippen LogP contribution < -0.4 is 4.90 Å². The molecule has 1 aliphatic rings. The van der Waals surface area contributed by atoms with Crippen molar-refractivity contribution in [2.45, 2.75) is 52.5 Å². The molecule has 1 heterocycles. The molecular weight excluding hydrogens is 222 g/mol. The van der Waals surface area contributed by atoms with E-state index in [1.165, 1.54) is 16.8 Å². The first kappa shape index (κ1) is 13.1. The Labute approximate surface area is 110 Å². The second-order valence-corrected chi connectivity index (χ2v) is 6.06. The number of hydrogen-bond donors (Lipinski definition) is 0. The lowest BCUT2D eigenvalue weighted by Gasteiger charge is -2.48. The number of aldehydes is 1. The summed E-state index contributed by atoms with van der Waals surface area (Å²) in [5.74, 6) is 0.511. The Morgan fingerprint density at radius 2 is 2.11 bits per heavy atom. The third-order valence-electron chi connectivity index (χ3n) is 4.14. The van der Waals surface area contributed by atoms with Gasteiger partial charge < -0.3 is 4.90 Å². The Bertz CT molecular complexity index is 476. The Balaban J connectivity index is 2.65. The number of hydrogen-bond acceptors (Lipinski definition) is 2. The van der Waals surface area contributed by atoms with E-state index in [0.717, 1.165) is 24.8 Å². The first-order chi connectivity index (χ1) is 8.40. The Hall–Kier alpha value is -1.31. The fraction of sp³-hybridized carbons (Fsp3) is 0.562. The highest BCUT2D eigenvalue weighted by Crippen LogP contribution is 2.44. The van der Waals surface area contributed by atoms with Crippen molar-refractivity contribution < 1.29 is 4.79 Å². The lowest BCUT2D eigenvalue weighted by molar-refractivity contribution is 0.112. The van der Waals surface area contributed by atoms with E-state index in [9.17, 15) is 4.79 Å². The molecule has 0 N–H and O–H groups in total. The van der Waals surface area contributed by atoms with Crippen molar-refractivity contribution in [3.8, 4) is 0 Å². The number of carbonyl (C=O) groups is 1. The van der Waals surface area contributed by atoms with E-state index < -0.39 is 0 Å². The quantitative estimate of drug-likeness (QED) is 0.736. The van der Waals surface area contributed by atoms with E-state index in [0.29, 0.717) is 5.92 Å². The van der Waals surface area contributed by atoms with Gasteiger partial charge in [-0.05, 0) is 63.3 Å². The molecule has 0 saturated heterocycles. The van der Waals surface area contributed by atoms with Crippen LogP contribution in [0.3, 0.4) is 0 Å². The van der Waals surface area contributed by atoms with Gasteiger partial charge in [-0.15, -0.1) is 0 Å². The van der Waals surface area contributed by atoms with Crippen LogP contribution in [0.25, 0.3) is 0 Å². The predicted octanol–water partition coefficient (Wildman–Crippen LogP) is 3.92. The summed E-state index contributed by atoms with van der Waals surface area (Å²) in [4.78, 5) is 13.5. The van der Waals surface area contributed by atoms with Gasteiger partial charge in [-0.25, -0.2) is 0 Å². The molecule has 0 saturated carbocycles. The van der Waals surface area contributed by atoms with Crippen LogP contribution in [0.2, 0.25) is 0 Å². The standard InChI is InChI=1S/C16H23NO/c1-6-17-15-11(2)7-13(10-18)8-14(15)12(3)9-16(17,4)5/h7-8,10,12H,6,9H2,1-5H3/t12-/m0/s1. The molecule has 2 rings (SSSR count). The van der Waals surface area contributed by atoms with E-state index in [1.807, 2.05) is 6.07 Å². The topological polar surface area (TPSA) is 20.3 Å². The van der Waals surface area contributed by atoms with Crippen molar-refractivity contribution in [2.75, 3.05) is 11.4 Å². The lowest BCUT2D eigenvalue weighted by Crippen LogP contribution is -2.48. The summed E-state index contributed by atoms with van der Waals surface area (Å²) in [6, 6.07) is 4.07. The van der Waals surface area contributed by atoms with Gasteiger partial charge >= 0.3 is 0 Å². The molecule has 0 bridgehead atoms. The first-order valence-electron chi connectivity index (χ1n) is 6.78. The Kier molecular flexibility index (Phi) is 3.22. The van der Waals surface area contributed by atoms with Gasteiger partial charge in [0, 0.05) is 23.3 Å². The molecule has 0 radical (unpaired) electrons. The molecule has 0 fully saturated rings. The Morgan fingerprint density at radius 3 is 2.67 bits per heavy atom. The summed E-state index contributed by atoms with van der Waals surface area (Å²) in [5.41, 5.74) is 4.88. The molecule has 0 aliphatic carbocycles. The second-order valence-electron chi connectivity index (χ2n) is 6.06. The zero-order chi connectivity index (χ0) is 13.5. The van der Waals surface area contributed by atoms with Crippen LogP contribution in [0.5, 0.6) is 0 Å². The second kappa shape index (κ2) is 4.42.